The molecule has 4 heteroatoms. The van der Waals surface area contributed by atoms with E-state index in [9.17, 15) is 4.79 Å². The zero-order valence-corrected chi connectivity index (χ0v) is 11.5. The van der Waals surface area contributed by atoms with Crippen LogP contribution in [0.4, 0.5) is 0 Å². The first-order valence-electron chi connectivity index (χ1n) is 6.41. The van der Waals surface area contributed by atoms with E-state index >= 15 is 0 Å². The van der Waals surface area contributed by atoms with E-state index in [2.05, 4.69) is 22.5 Å². The standard InChI is InChI=1S/C15H19N3O/c1-10-6-7-14-12(5-4-8-17-14)13(10)9-18-15(19)11(2)16-3/h4-8,11,16H,9H2,1-3H3,(H,18,19)/t11-/m0/s1. The first-order valence-corrected chi connectivity index (χ1v) is 6.41. The number of nitrogens with zero attached hydrogens (tertiary/aromatic N) is 1. The van der Waals surface area contributed by atoms with Crippen molar-refractivity contribution in [3.63, 3.8) is 0 Å². The zero-order valence-electron chi connectivity index (χ0n) is 11.5. The van der Waals surface area contributed by atoms with Crippen LogP contribution in [0.1, 0.15) is 18.1 Å². The van der Waals surface area contributed by atoms with Crippen LogP contribution in [0.2, 0.25) is 0 Å². The number of rotatable bonds is 4. The summed E-state index contributed by atoms with van der Waals surface area (Å²) in [6.07, 6.45) is 1.78. The van der Waals surface area contributed by atoms with Crippen molar-refractivity contribution in [3.8, 4) is 0 Å². The summed E-state index contributed by atoms with van der Waals surface area (Å²) in [6, 6.07) is 7.82. The lowest BCUT2D eigenvalue weighted by Gasteiger charge is -2.14. The number of benzene rings is 1. The van der Waals surface area contributed by atoms with Crippen LogP contribution in [0.25, 0.3) is 10.9 Å². The molecule has 1 atom stereocenters. The highest BCUT2D eigenvalue weighted by molar-refractivity contribution is 5.85. The van der Waals surface area contributed by atoms with Crippen molar-refractivity contribution in [2.24, 2.45) is 0 Å². The highest BCUT2D eigenvalue weighted by Crippen LogP contribution is 2.20. The van der Waals surface area contributed by atoms with Crippen LogP contribution in [0.3, 0.4) is 0 Å². The van der Waals surface area contributed by atoms with Gasteiger partial charge in [-0.15, -0.1) is 0 Å². The Labute approximate surface area is 113 Å². The average molecular weight is 257 g/mol. The van der Waals surface area contributed by atoms with E-state index in [0.29, 0.717) is 6.54 Å². The molecule has 0 unspecified atom stereocenters. The van der Waals surface area contributed by atoms with Crippen LogP contribution >= 0.6 is 0 Å². The predicted molar refractivity (Wildman–Crippen MR) is 76.8 cm³/mol. The number of fused-ring (bicyclic) bond motifs is 1. The molecule has 0 aliphatic rings. The molecule has 0 bridgehead atoms. The fourth-order valence-corrected chi connectivity index (χ4v) is 2.02. The van der Waals surface area contributed by atoms with E-state index in [1.54, 1.807) is 13.2 Å². The quantitative estimate of drug-likeness (QED) is 0.877. The molecule has 1 amide bonds. The number of nitrogens with one attached hydrogen (secondary N) is 2. The Kier molecular flexibility index (Phi) is 4.12. The summed E-state index contributed by atoms with van der Waals surface area (Å²) in [5, 5.41) is 6.98. The first kappa shape index (κ1) is 13.5. The second-order valence-electron chi connectivity index (χ2n) is 4.66. The van der Waals surface area contributed by atoms with Gasteiger partial charge in [0.05, 0.1) is 11.6 Å². The monoisotopic (exact) mass is 257 g/mol. The van der Waals surface area contributed by atoms with Crippen molar-refractivity contribution in [2.75, 3.05) is 7.05 Å². The van der Waals surface area contributed by atoms with Gasteiger partial charge in [0.25, 0.3) is 0 Å². The lowest BCUT2D eigenvalue weighted by atomic mass is 10.0. The van der Waals surface area contributed by atoms with Crippen molar-refractivity contribution in [2.45, 2.75) is 26.4 Å². The van der Waals surface area contributed by atoms with Gasteiger partial charge in [0.2, 0.25) is 5.91 Å². The van der Waals surface area contributed by atoms with E-state index in [4.69, 9.17) is 0 Å². The SMILES string of the molecule is CN[C@@H](C)C(=O)NCc1c(C)ccc2ncccc12. The molecule has 1 heterocycles. The van der Waals surface area contributed by atoms with E-state index in [1.165, 1.54) is 0 Å². The third-order valence-corrected chi connectivity index (χ3v) is 3.40. The number of amides is 1. The molecule has 0 aliphatic carbocycles. The Morgan fingerprint density at radius 3 is 2.89 bits per heavy atom. The number of carbonyl (C=O) groups excluding carboxylic acids is 1. The van der Waals surface area contributed by atoms with Crippen LogP contribution in [0.15, 0.2) is 30.5 Å². The number of likely N-dealkylation sites (N-methyl/N-ethyl adjacent to an activating group) is 1. The largest absolute Gasteiger partial charge is 0.351 e. The summed E-state index contributed by atoms with van der Waals surface area (Å²) < 4.78 is 0. The third kappa shape index (κ3) is 2.90. The summed E-state index contributed by atoms with van der Waals surface area (Å²) in [6.45, 7) is 4.42. The van der Waals surface area contributed by atoms with Crippen molar-refractivity contribution < 1.29 is 4.79 Å². The van der Waals surface area contributed by atoms with Gasteiger partial charge in [0.1, 0.15) is 0 Å². The number of aryl methyl sites for hydroxylation is 1. The van der Waals surface area contributed by atoms with Gasteiger partial charge in [0, 0.05) is 18.1 Å². The molecule has 0 fully saturated rings. The molecule has 19 heavy (non-hydrogen) atoms. The predicted octanol–water partition coefficient (Wildman–Crippen LogP) is 1.77. The number of hydrogen-bond donors (Lipinski definition) is 2. The zero-order chi connectivity index (χ0) is 13.8. The summed E-state index contributed by atoms with van der Waals surface area (Å²) in [5.74, 6) is 0.00259. The maximum atomic E-state index is 11.8. The molecule has 2 rings (SSSR count). The Morgan fingerprint density at radius 1 is 1.37 bits per heavy atom. The number of hydrogen-bond acceptors (Lipinski definition) is 3. The molecule has 0 saturated heterocycles. The van der Waals surface area contributed by atoms with E-state index < -0.39 is 0 Å². The van der Waals surface area contributed by atoms with Crippen LogP contribution in [-0.4, -0.2) is 24.0 Å². The summed E-state index contributed by atoms with van der Waals surface area (Å²) >= 11 is 0. The van der Waals surface area contributed by atoms with E-state index in [-0.39, 0.29) is 11.9 Å². The Morgan fingerprint density at radius 2 is 2.16 bits per heavy atom. The van der Waals surface area contributed by atoms with E-state index in [0.717, 1.165) is 22.0 Å². The van der Waals surface area contributed by atoms with Crippen molar-refractivity contribution in [1.82, 2.24) is 15.6 Å². The molecule has 1 aromatic carbocycles. The lowest BCUT2D eigenvalue weighted by Crippen LogP contribution is -2.40. The fourth-order valence-electron chi connectivity index (χ4n) is 2.02. The smallest absolute Gasteiger partial charge is 0.237 e. The van der Waals surface area contributed by atoms with Gasteiger partial charge in [-0.3, -0.25) is 9.78 Å². The van der Waals surface area contributed by atoms with Crippen molar-refractivity contribution >= 4 is 16.8 Å². The second kappa shape index (κ2) is 5.80. The first-order chi connectivity index (χ1) is 9.13. The van der Waals surface area contributed by atoms with Gasteiger partial charge in [-0.2, -0.15) is 0 Å². The van der Waals surface area contributed by atoms with Crippen LogP contribution in [-0.2, 0) is 11.3 Å². The van der Waals surface area contributed by atoms with Gasteiger partial charge in [-0.05, 0) is 44.2 Å². The van der Waals surface area contributed by atoms with Gasteiger partial charge >= 0.3 is 0 Å². The molecule has 0 aliphatic heterocycles. The molecule has 2 aromatic rings. The Hall–Kier alpha value is -1.94. The molecule has 4 nitrogen and oxygen atoms in total. The van der Waals surface area contributed by atoms with Gasteiger partial charge < -0.3 is 10.6 Å². The van der Waals surface area contributed by atoms with Crippen molar-refractivity contribution in [1.29, 1.82) is 0 Å². The number of aromatic nitrogens is 1. The minimum Gasteiger partial charge on any atom is -0.351 e. The maximum absolute atomic E-state index is 11.8. The topological polar surface area (TPSA) is 54.0 Å². The highest BCUT2D eigenvalue weighted by Gasteiger charge is 2.11. The van der Waals surface area contributed by atoms with Crippen LogP contribution in [0.5, 0.6) is 0 Å². The molecule has 100 valence electrons. The molecule has 0 spiro atoms. The van der Waals surface area contributed by atoms with Crippen LogP contribution < -0.4 is 10.6 Å². The van der Waals surface area contributed by atoms with E-state index in [1.807, 2.05) is 31.2 Å². The minimum absolute atomic E-state index is 0.00259. The van der Waals surface area contributed by atoms with Gasteiger partial charge in [-0.25, -0.2) is 0 Å². The lowest BCUT2D eigenvalue weighted by molar-refractivity contribution is -0.122. The number of pyridine rings is 1. The Balaban J connectivity index is 2.25. The summed E-state index contributed by atoms with van der Waals surface area (Å²) in [5.41, 5.74) is 3.25. The second-order valence-corrected chi connectivity index (χ2v) is 4.66. The molecule has 1 aromatic heterocycles. The molecular formula is C15H19N3O. The molecular weight excluding hydrogens is 238 g/mol. The molecule has 2 N–H and O–H groups in total. The van der Waals surface area contributed by atoms with Crippen molar-refractivity contribution in [3.05, 3.63) is 41.6 Å². The average Bonchev–Trinajstić information content (AvgIpc) is 2.45. The third-order valence-electron chi connectivity index (χ3n) is 3.40. The van der Waals surface area contributed by atoms with Gasteiger partial charge in [0.15, 0.2) is 0 Å². The minimum atomic E-state index is -0.187. The number of carbonyl (C=O) groups is 1. The maximum Gasteiger partial charge on any atom is 0.237 e. The summed E-state index contributed by atoms with van der Waals surface area (Å²) in [4.78, 5) is 16.1. The summed E-state index contributed by atoms with van der Waals surface area (Å²) in [7, 11) is 1.78. The highest BCUT2D eigenvalue weighted by atomic mass is 16.2. The van der Waals surface area contributed by atoms with Gasteiger partial charge in [-0.1, -0.05) is 12.1 Å². The normalized spacial score (nSPS) is 12.4. The van der Waals surface area contributed by atoms with Crippen LogP contribution in [0, 0.1) is 6.92 Å². The fraction of sp³-hybridized carbons (Fsp3) is 0.333. The molecule has 0 saturated carbocycles. The Bertz CT molecular complexity index is 595. The molecule has 0 radical (unpaired) electrons.